The van der Waals surface area contributed by atoms with Crippen LogP contribution < -0.4 is 5.73 Å². The van der Waals surface area contributed by atoms with Crippen molar-refractivity contribution < 1.29 is 0 Å². The Hall–Kier alpha value is -1.29. The van der Waals surface area contributed by atoms with E-state index >= 15 is 0 Å². The van der Waals surface area contributed by atoms with Crippen LogP contribution in [0.3, 0.4) is 0 Å². The minimum absolute atomic E-state index is 0.301. The van der Waals surface area contributed by atoms with Crippen molar-refractivity contribution in [3.8, 4) is 11.1 Å². The van der Waals surface area contributed by atoms with Crippen molar-refractivity contribution in [3.63, 3.8) is 0 Å². The molecule has 0 spiro atoms. The second-order valence-electron chi connectivity index (χ2n) is 6.31. The number of hydrogen-bond donors (Lipinski definition) is 2. The maximum absolute atomic E-state index is 6.14. The Morgan fingerprint density at radius 1 is 1.35 bits per heavy atom. The molecular formula is C16H20BrN3. The van der Waals surface area contributed by atoms with Crippen molar-refractivity contribution in [3.05, 3.63) is 34.4 Å². The van der Waals surface area contributed by atoms with Gasteiger partial charge in [0.2, 0.25) is 0 Å². The van der Waals surface area contributed by atoms with Crippen molar-refractivity contribution in [2.45, 2.75) is 39.0 Å². The third kappa shape index (κ3) is 2.16. The maximum atomic E-state index is 6.14. The van der Waals surface area contributed by atoms with Crippen LogP contribution >= 0.6 is 15.9 Å². The lowest BCUT2D eigenvalue weighted by Crippen LogP contribution is -2.16. The van der Waals surface area contributed by atoms with Gasteiger partial charge in [0.25, 0.3) is 0 Å². The van der Waals surface area contributed by atoms with Gasteiger partial charge in [0, 0.05) is 27.2 Å². The third-order valence-corrected chi connectivity index (χ3v) is 5.26. The quantitative estimate of drug-likeness (QED) is 0.835. The molecule has 3 nitrogen and oxygen atoms in total. The molecule has 3 N–H and O–H groups in total. The molecular weight excluding hydrogens is 314 g/mol. The van der Waals surface area contributed by atoms with E-state index in [1.54, 1.807) is 0 Å². The number of nitrogens with one attached hydrogen (secondary N) is 1. The van der Waals surface area contributed by atoms with Gasteiger partial charge in [-0.25, -0.2) is 0 Å². The predicted octanol–water partition coefficient (Wildman–Crippen LogP) is 4.72. The number of hydrogen-bond acceptors (Lipinski definition) is 2. The molecule has 1 fully saturated rings. The molecule has 1 aromatic heterocycles. The van der Waals surface area contributed by atoms with Crippen molar-refractivity contribution >= 4 is 21.7 Å². The Labute approximate surface area is 128 Å². The van der Waals surface area contributed by atoms with Crippen LogP contribution in [0.1, 0.15) is 44.7 Å². The Kier molecular flexibility index (Phi) is 3.36. The number of rotatable bonds is 2. The molecule has 1 unspecified atom stereocenters. The Bertz CT molecular complexity index is 630. The first-order chi connectivity index (χ1) is 9.50. The molecule has 106 valence electrons. The van der Waals surface area contributed by atoms with E-state index in [9.17, 15) is 0 Å². The first kappa shape index (κ1) is 13.7. The molecule has 0 saturated heterocycles. The normalized spacial score (nSPS) is 21.2. The minimum Gasteiger partial charge on any atom is -0.382 e. The summed E-state index contributed by atoms with van der Waals surface area (Å²) in [5.74, 6) is 1.09. The molecule has 1 saturated carbocycles. The number of aromatic nitrogens is 2. The summed E-state index contributed by atoms with van der Waals surface area (Å²) in [6.45, 7) is 4.68. The van der Waals surface area contributed by atoms with Crippen LogP contribution in [0.4, 0.5) is 5.82 Å². The fourth-order valence-corrected chi connectivity index (χ4v) is 3.91. The highest BCUT2D eigenvalue weighted by molar-refractivity contribution is 9.10. The molecule has 0 bridgehead atoms. The van der Waals surface area contributed by atoms with E-state index in [2.05, 4.69) is 46.0 Å². The second-order valence-corrected chi connectivity index (χ2v) is 7.17. The van der Waals surface area contributed by atoms with Crippen LogP contribution in [0, 0.1) is 5.41 Å². The lowest BCUT2D eigenvalue weighted by molar-refractivity contribution is 0.328. The lowest BCUT2D eigenvalue weighted by atomic mass is 9.78. The smallest absolute Gasteiger partial charge is 0.153 e. The van der Waals surface area contributed by atoms with E-state index in [4.69, 9.17) is 5.73 Å². The van der Waals surface area contributed by atoms with Crippen molar-refractivity contribution in [2.75, 3.05) is 5.73 Å². The molecule has 1 aliphatic rings. The largest absolute Gasteiger partial charge is 0.382 e. The number of nitrogen functional groups attached to an aromatic ring is 1. The van der Waals surface area contributed by atoms with Gasteiger partial charge in [0.05, 0.1) is 0 Å². The highest BCUT2D eigenvalue weighted by atomic mass is 79.9. The summed E-state index contributed by atoms with van der Waals surface area (Å²) in [4.78, 5) is 0. The highest BCUT2D eigenvalue weighted by Gasteiger charge is 2.38. The van der Waals surface area contributed by atoms with Gasteiger partial charge < -0.3 is 5.73 Å². The molecule has 2 aromatic rings. The maximum Gasteiger partial charge on any atom is 0.153 e. The summed E-state index contributed by atoms with van der Waals surface area (Å²) >= 11 is 3.63. The first-order valence-electron chi connectivity index (χ1n) is 7.09. The van der Waals surface area contributed by atoms with Crippen LogP contribution in [0.15, 0.2) is 28.7 Å². The zero-order valence-electron chi connectivity index (χ0n) is 11.9. The van der Waals surface area contributed by atoms with E-state index in [1.165, 1.54) is 25.0 Å². The van der Waals surface area contributed by atoms with E-state index in [0.29, 0.717) is 17.2 Å². The minimum atomic E-state index is 0.301. The van der Waals surface area contributed by atoms with E-state index in [1.807, 2.05) is 18.2 Å². The number of nitrogens with two attached hydrogens (primary N) is 1. The SMILES string of the molecule is CC1(C)CCCC1c1[nH]nc(N)c1-c1ccccc1Br. The zero-order chi connectivity index (χ0) is 14.3. The molecule has 4 heteroatoms. The Morgan fingerprint density at radius 2 is 2.10 bits per heavy atom. The zero-order valence-corrected chi connectivity index (χ0v) is 13.5. The Balaban J connectivity index is 2.14. The summed E-state index contributed by atoms with van der Waals surface area (Å²) in [5.41, 5.74) is 9.82. The summed E-state index contributed by atoms with van der Waals surface area (Å²) in [7, 11) is 0. The predicted molar refractivity (Wildman–Crippen MR) is 86.5 cm³/mol. The second kappa shape index (κ2) is 4.92. The molecule has 3 rings (SSSR count). The van der Waals surface area contributed by atoms with E-state index in [0.717, 1.165) is 15.6 Å². The lowest BCUT2D eigenvalue weighted by Gasteiger charge is -2.27. The number of halogens is 1. The van der Waals surface area contributed by atoms with Crippen molar-refractivity contribution in [1.82, 2.24) is 10.2 Å². The van der Waals surface area contributed by atoms with Crippen LogP contribution in [-0.4, -0.2) is 10.2 Å². The molecule has 1 aliphatic carbocycles. The summed E-state index contributed by atoms with van der Waals surface area (Å²) < 4.78 is 1.06. The molecule has 1 atom stereocenters. The number of anilines is 1. The Morgan fingerprint density at radius 3 is 2.75 bits per heavy atom. The van der Waals surface area contributed by atoms with Crippen LogP contribution in [-0.2, 0) is 0 Å². The number of aromatic amines is 1. The summed E-state index contributed by atoms with van der Waals surface area (Å²) in [6.07, 6.45) is 3.73. The van der Waals surface area contributed by atoms with Crippen molar-refractivity contribution in [2.24, 2.45) is 5.41 Å². The summed E-state index contributed by atoms with van der Waals surface area (Å²) in [5, 5.41) is 7.48. The highest BCUT2D eigenvalue weighted by Crippen LogP contribution is 2.51. The topological polar surface area (TPSA) is 54.7 Å². The average molecular weight is 334 g/mol. The van der Waals surface area contributed by atoms with Gasteiger partial charge in [-0.15, -0.1) is 0 Å². The first-order valence-corrected chi connectivity index (χ1v) is 7.88. The van der Waals surface area contributed by atoms with Gasteiger partial charge in [-0.2, -0.15) is 5.10 Å². The van der Waals surface area contributed by atoms with Crippen LogP contribution in [0.25, 0.3) is 11.1 Å². The van der Waals surface area contributed by atoms with Gasteiger partial charge >= 0.3 is 0 Å². The molecule has 0 radical (unpaired) electrons. The van der Waals surface area contributed by atoms with Gasteiger partial charge in [-0.1, -0.05) is 54.4 Å². The number of H-pyrrole nitrogens is 1. The molecule has 0 aliphatic heterocycles. The molecule has 20 heavy (non-hydrogen) atoms. The monoisotopic (exact) mass is 333 g/mol. The van der Waals surface area contributed by atoms with Gasteiger partial charge in [0.15, 0.2) is 5.82 Å². The standard InChI is InChI=1S/C16H20BrN3/c1-16(2)9-5-7-11(16)14-13(15(18)20-19-14)10-6-3-4-8-12(10)17/h3-4,6,8,11H,5,7,9H2,1-2H3,(H3,18,19,20). The third-order valence-electron chi connectivity index (χ3n) is 4.57. The van der Waals surface area contributed by atoms with Crippen LogP contribution in [0.2, 0.25) is 0 Å². The average Bonchev–Trinajstić information content (AvgIpc) is 2.93. The fourth-order valence-electron chi connectivity index (χ4n) is 3.43. The number of nitrogens with zero attached hydrogens (tertiary/aromatic N) is 1. The van der Waals surface area contributed by atoms with E-state index < -0.39 is 0 Å². The van der Waals surface area contributed by atoms with Crippen LogP contribution in [0.5, 0.6) is 0 Å². The molecule has 0 amide bonds. The fraction of sp³-hybridized carbons (Fsp3) is 0.438. The van der Waals surface area contributed by atoms with Gasteiger partial charge in [0.1, 0.15) is 0 Å². The van der Waals surface area contributed by atoms with Gasteiger partial charge in [-0.3, -0.25) is 5.10 Å². The van der Waals surface area contributed by atoms with E-state index in [-0.39, 0.29) is 0 Å². The number of benzene rings is 1. The molecule has 1 aromatic carbocycles. The molecule has 1 heterocycles. The summed E-state index contributed by atoms with van der Waals surface area (Å²) in [6, 6.07) is 8.20. The van der Waals surface area contributed by atoms with Crippen molar-refractivity contribution in [1.29, 1.82) is 0 Å². The van der Waals surface area contributed by atoms with Gasteiger partial charge in [-0.05, 0) is 24.3 Å².